The van der Waals surface area contributed by atoms with Crippen molar-refractivity contribution in [3.8, 4) is 0 Å². The molecule has 0 aliphatic heterocycles. The quantitative estimate of drug-likeness (QED) is 0.655. The van der Waals surface area contributed by atoms with E-state index in [1.807, 2.05) is 32.0 Å². The normalized spacial score (nSPS) is 10.6. The molecule has 0 aliphatic carbocycles. The molecule has 2 aromatic rings. The van der Waals surface area contributed by atoms with Gasteiger partial charge in [0.05, 0.1) is 0 Å². The average molecular weight is 344 g/mol. The summed E-state index contributed by atoms with van der Waals surface area (Å²) in [5.41, 5.74) is 3.72. The number of nitrogens with one attached hydrogen (secondary N) is 1. The smallest absolute Gasteiger partial charge is 0.331 e. The number of carbonyl (C=O) groups is 2. The molecule has 0 spiro atoms. The van der Waals surface area contributed by atoms with Crippen molar-refractivity contribution in [2.75, 3.05) is 11.9 Å². The molecule has 124 valence electrons. The Hall–Kier alpha value is -2.59. The van der Waals surface area contributed by atoms with Crippen LogP contribution >= 0.6 is 11.6 Å². The number of rotatable bonds is 5. The van der Waals surface area contributed by atoms with Crippen LogP contribution in [0.15, 0.2) is 48.5 Å². The molecule has 0 unspecified atom stereocenters. The van der Waals surface area contributed by atoms with Crippen LogP contribution in [0.4, 0.5) is 5.69 Å². The van der Waals surface area contributed by atoms with E-state index in [9.17, 15) is 9.59 Å². The zero-order valence-corrected chi connectivity index (χ0v) is 14.3. The lowest BCUT2D eigenvalue weighted by Crippen LogP contribution is -2.20. The largest absolute Gasteiger partial charge is 0.452 e. The van der Waals surface area contributed by atoms with E-state index in [1.54, 1.807) is 30.3 Å². The molecule has 0 saturated heterocycles. The molecule has 0 saturated carbocycles. The minimum absolute atomic E-state index is 0.337. The zero-order chi connectivity index (χ0) is 17.5. The number of halogens is 1. The van der Waals surface area contributed by atoms with Crippen molar-refractivity contribution >= 4 is 35.2 Å². The zero-order valence-electron chi connectivity index (χ0n) is 13.5. The van der Waals surface area contributed by atoms with Crippen molar-refractivity contribution in [3.63, 3.8) is 0 Å². The third-order valence-electron chi connectivity index (χ3n) is 3.42. The van der Waals surface area contributed by atoms with E-state index in [2.05, 4.69) is 5.32 Å². The number of amides is 1. The lowest BCUT2D eigenvalue weighted by Gasteiger charge is -2.07. The van der Waals surface area contributed by atoms with E-state index in [0.717, 1.165) is 16.7 Å². The minimum atomic E-state index is -0.583. The van der Waals surface area contributed by atoms with Crippen LogP contribution in [-0.4, -0.2) is 18.5 Å². The fourth-order valence-electron chi connectivity index (χ4n) is 1.94. The van der Waals surface area contributed by atoms with E-state index < -0.39 is 5.97 Å². The van der Waals surface area contributed by atoms with Crippen LogP contribution < -0.4 is 5.32 Å². The summed E-state index contributed by atoms with van der Waals surface area (Å²) in [7, 11) is 0. The molecule has 0 atom stereocenters. The van der Waals surface area contributed by atoms with E-state index in [1.165, 1.54) is 6.08 Å². The monoisotopic (exact) mass is 343 g/mol. The van der Waals surface area contributed by atoms with Crippen LogP contribution in [-0.2, 0) is 14.3 Å². The second kappa shape index (κ2) is 8.31. The van der Waals surface area contributed by atoms with Gasteiger partial charge in [-0.25, -0.2) is 4.79 Å². The molecule has 0 aliphatic rings. The fourth-order valence-corrected chi connectivity index (χ4v) is 2.07. The molecule has 1 N–H and O–H groups in total. The third kappa shape index (κ3) is 5.56. The molecule has 0 fully saturated rings. The Labute approximate surface area is 146 Å². The fraction of sp³-hybridized carbons (Fsp3) is 0.158. The van der Waals surface area contributed by atoms with Crippen LogP contribution in [0.3, 0.4) is 0 Å². The van der Waals surface area contributed by atoms with Crippen molar-refractivity contribution in [2.45, 2.75) is 13.8 Å². The summed E-state index contributed by atoms with van der Waals surface area (Å²) in [6.45, 7) is 3.62. The molecular weight excluding hydrogens is 326 g/mol. The minimum Gasteiger partial charge on any atom is -0.452 e. The van der Waals surface area contributed by atoms with E-state index in [0.29, 0.717) is 10.7 Å². The van der Waals surface area contributed by atoms with Crippen LogP contribution in [0.5, 0.6) is 0 Å². The number of aryl methyl sites for hydroxylation is 2. The van der Waals surface area contributed by atoms with Gasteiger partial charge in [0.25, 0.3) is 5.91 Å². The van der Waals surface area contributed by atoms with Gasteiger partial charge < -0.3 is 10.1 Å². The van der Waals surface area contributed by atoms with Crippen molar-refractivity contribution < 1.29 is 14.3 Å². The summed E-state index contributed by atoms with van der Waals surface area (Å²) < 4.78 is 4.91. The molecule has 0 radical (unpaired) electrons. The summed E-state index contributed by atoms with van der Waals surface area (Å²) in [4.78, 5) is 23.4. The number of benzene rings is 2. The van der Waals surface area contributed by atoms with E-state index >= 15 is 0 Å². The summed E-state index contributed by atoms with van der Waals surface area (Å²) in [5.74, 6) is -0.966. The number of esters is 1. The molecule has 2 rings (SSSR count). The van der Waals surface area contributed by atoms with Gasteiger partial charge in [-0.05, 0) is 60.9 Å². The highest BCUT2D eigenvalue weighted by molar-refractivity contribution is 6.30. The number of ether oxygens (including phenoxy) is 1. The van der Waals surface area contributed by atoms with Gasteiger partial charge in [-0.15, -0.1) is 0 Å². The van der Waals surface area contributed by atoms with Crippen molar-refractivity contribution in [1.29, 1.82) is 0 Å². The van der Waals surface area contributed by atoms with Gasteiger partial charge in [0.15, 0.2) is 6.61 Å². The highest BCUT2D eigenvalue weighted by Gasteiger charge is 2.06. The van der Waals surface area contributed by atoms with Crippen molar-refractivity contribution in [1.82, 2.24) is 0 Å². The van der Waals surface area contributed by atoms with Gasteiger partial charge in [0, 0.05) is 16.8 Å². The molecule has 5 heteroatoms. The van der Waals surface area contributed by atoms with E-state index in [-0.39, 0.29) is 12.5 Å². The Kier molecular flexibility index (Phi) is 6.15. The van der Waals surface area contributed by atoms with Gasteiger partial charge in [-0.3, -0.25) is 4.79 Å². The summed E-state index contributed by atoms with van der Waals surface area (Å²) in [6, 6.07) is 12.6. The SMILES string of the molecule is Cc1ccc(NC(=O)COC(=O)/C=C/c2ccc(Cl)cc2)cc1C. The Bertz CT molecular complexity index is 767. The van der Waals surface area contributed by atoms with Gasteiger partial charge in [-0.1, -0.05) is 29.8 Å². The van der Waals surface area contributed by atoms with E-state index in [4.69, 9.17) is 16.3 Å². The molecule has 24 heavy (non-hydrogen) atoms. The maximum Gasteiger partial charge on any atom is 0.331 e. The Morgan fingerprint density at radius 3 is 2.46 bits per heavy atom. The summed E-state index contributed by atoms with van der Waals surface area (Å²) in [6.07, 6.45) is 2.87. The topological polar surface area (TPSA) is 55.4 Å². The lowest BCUT2D eigenvalue weighted by molar-refractivity contribution is -0.142. The predicted molar refractivity (Wildman–Crippen MR) is 96.0 cm³/mol. The molecule has 4 nitrogen and oxygen atoms in total. The molecule has 1 amide bonds. The first-order valence-corrected chi connectivity index (χ1v) is 7.79. The molecular formula is C19H18ClNO3. The number of anilines is 1. The maximum atomic E-state index is 11.8. The molecule has 0 aromatic heterocycles. The Balaban J connectivity index is 1.81. The molecule has 0 heterocycles. The van der Waals surface area contributed by atoms with Crippen LogP contribution in [0.1, 0.15) is 16.7 Å². The van der Waals surface area contributed by atoms with Crippen LogP contribution in [0, 0.1) is 13.8 Å². The average Bonchev–Trinajstić information content (AvgIpc) is 2.56. The number of hydrogen-bond donors (Lipinski definition) is 1. The predicted octanol–water partition coefficient (Wildman–Crippen LogP) is 4.15. The van der Waals surface area contributed by atoms with Crippen LogP contribution in [0.2, 0.25) is 5.02 Å². The second-order valence-corrected chi connectivity index (χ2v) is 5.78. The summed E-state index contributed by atoms with van der Waals surface area (Å²) in [5, 5.41) is 3.31. The third-order valence-corrected chi connectivity index (χ3v) is 3.67. The first-order valence-electron chi connectivity index (χ1n) is 7.41. The maximum absolute atomic E-state index is 11.8. The van der Waals surface area contributed by atoms with Crippen molar-refractivity contribution in [3.05, 3.63) is 70.3 Å². The summed E-state index contributed by atoms with van der Waals surface area (Å²) >= 11 is 5.78. The van der Waals surface area contributed by atoms with Gasteiger partial charge in [0.1, 0.15) is 0 Å². The standard InChI is InChI=1S/C19H18ClNO3/c1-13-3-9-17(11-14(13)2)21-18(22)12-24-19(23)10-6-15-4-7-16(20)8-5-15/h3-11H,12H2,1-2H3,(H,21,22)/b10-6+. The number of hydrogen-bond acceptors (Lipinski definition) is 3. The second-order valence-electron chi connectivity index (χ2n) is 5.34. The van der Waals surface area contributed by atoms with Crippen molar-refractivity contribution in [2.24, 2.45) is 0 Å². The highest BCUT2D eigenvalue weighted by Crippen LogP contribution is 2.14. The van der Waals surface area contributed by atoms with Gasteiger partial charge in [0.2, 0.25) is 0 Å². The van der Waals surface area contributed by atoms with Gasteiger partial charge in [-0.2, -0.15) is 0 Å². The first-order chi connectivity index (χ1) is 11.4. The molecule has 0 bridgehead atoms. The van der Waals surface area contributed by atoms with Crippen LogP contribution in [0.25, 0.3) is 6.08 Å². The Morgan fingerprint density at radius 1 is 1.08 bits per heavy atom. The van der Waals surface area contributed by atoms with Gasteiger partial charge >= 0.3 is 5.97 Å². The first kappa shape index (κ1) is 17.8. The lowest BCUT2D eigenvalue weighted by atomic mass is 10.1. The Morgan fingerprint density at radius 2 is 1.79 bits per heavy atom. The number of carbonyl (C=O) groups excluding carboxylic acids is 2. The molecule has 2 aromatic carbocycles. The highest BCUT2D eigenvalue weighted by atomic mass is 35.5.